The Balaban J connectivity index is 1.71. The molecule has 1 amide bonds. The number of likely N-dealkylation sites (N-methyl/N-ethyl adjacent to an activating group) is 1. The lowest BCUT2D eigenvalue weighted by Gasteiger charge is -2.35. The van der Waals surface area contributed by atoms with Crippen LogP contribution in [0.2, 0.25) is 0 Å². The molecule has 1 aromatic rings. The molecule has 1 aliphatic carbocycles. The van der Waals surface area contributed by atoms with Gasteiger partial charge in [-0.05, 0) is 43.5 Å². The van der Waals surface area contributed by atoms with Crippen molar-refractivity contribution in [3.63, 3.8) is 0 Å². The van der Waals surface area contributed by atoms with E-state index in [0.717, 1.165) is 32.1 Å². The summed E-state index contributed by atoms with van der Waals surface area (Å²) in [5.41, 5.74) is 5.58. The van der Waals surface area contributed by atoms with Crippen LogP contribution in [0.15, 0.2) is 24.3 Å². The molecule has 5 heteroatoms. The van der Waals surface area contributed by atoms with Gasteiger partial charge in [-0.3, -0.25) is 4.79 Å². The van der Waals surface area contributed by atoms with Gasteiger partial charge in [-0.15, -0.1) is 0 Å². The van der Waals surface area contributed by atoms with Crippen LogP contribution in [0.4, 0.5) is 4.39 Å². The Kier molecular flexibility index (Phi) is 5.77. The highest BCUT2D eigenvalue weighted by Gasteiger charge is 2.36. The highest BCUT2D eigenvalue weighted by molar-refractivity contribution is 5.86. The summed E-state index contributed by atoms with van der Waals surface area (Å²) in [5.74, 6) is 0.394. The first-order valence-corrected chi connectivity index (χ1v) is 7.94. The Labute approximate surface area is 131 Å². The minimum atomic E-state index is -0.676. The first-order chi connectivity index (χ1) is 10.5. The number of hydrogen-bond donors (Lipinski definition) is 1. The van der Waals surface area contributed by atoms with E-state index in [-0.39, 0.29) is 11.7 Å². The summed E-state index contributed by atoms with van der Waals surface area (Å²) in [6, 6.07) is 5.93. The number of nitrogens with two attached hydrogens (primary N) is 1. The molecule has 0 aromatic heterocycles. The van der Waals surface area contributed by atoms with Gasteiger partial charge in [0.2, 0.25) is 5.91 Å². The number of carbonyl (C=O) groups is 1. The second-order valence-electron chi connectivity index (χ2n) is 6.10. The van der Waals surface area contributed by atoms with E-state index < -0.39 is 5.54 Å². The van der Waals surface area contributed by atoms with Gasteiger partial charge in [0.05, 0.1) is 12.1 Å². The Morgan fingerprint density at radius 2 is 1.91 bits per heavy atom. The number of halogens is 1. The van der Waals surface area contributed by atoms with Crippen LogP contribution in [0, 0.1) is 5.82 Å². The SMILES string of the molecule is CN(CCCOc1ccc(F)cc1)C(=O)C1(N)CCCCC1. The molecule has 22 heavy (non-hydrogen) atoms. The van der Waals surface area contributed by atoms with Gasteiger partial charge >= 0.3 is 0 Å². The van der Waals surface area contributed by atoms with Crippen molar-refractivity contribution in [2.75, 3.05) is 20.2 Å². The summed E-state index contributed by atoms with van der Waals surface area (Å²) >= 11 is 0. The first-order valence-electron chi connectivity index (χ1n) is 7.94. The molecule has 0 saturated heterocycles. The van der Waals surface area contributed by atoms with E-state index in [1.807, 2.05) is 0 Å². The maximum absolute atomic E-state index is 12.8. The molecule has 0 unspecified atom stereocenters. The Morgan fingerprint density at radius 3 is 2.55 bits per heavy atom. The van der Waals surface area contributed by atoms with Crippen molar-refractivity contribution in [1.82, 2.24) is 4.90 Å². The second-order valence-corrected chi connectivity index (χ2v) is 6.10. The Bertz CT molecular complexity index is 484. The van der Waals surface area contributed by atoms with Crippen LogP contribution in [0.1, 0.15) is 38.5 Å². The van der Waals surface area contributed by atoms with Crippen molar-refractivity contribution in [3.8, 4) is 5.75 Å². The van der Waals surface area contributed by atoms with Crippen LogP contribution >= 0.6 is 0 Å². The third-order valence-electron chi connectivity index (χ3n) is 4.24. The van der Waals surface area contributed by atoms with Crippen molar-refractivity contribution in [2.24, 2.45) is 5.73 Å². The molecule has 1 fully saturated rings. The van der Waals surface area contributed by atoms with Gasteiger partial charge in [0, 0.05) is 13.6 Å². The number of benzene rings is 1. The summed E-state index contributed by atoms with van der Waals surface area (Å²) in [4.78, 5) is 14.1. The fourth-order valence-electron chi connectivity index (χ4n) is 2.90. The van der Waals surface area contributed by atoms with Gasteiger partial charge in [0.25, 0.3) is 0 Å². The van der Waals surface area contributed by atoms with Gasteiger partial charge in [-0.2, -0.15) is 0 Å². The topological polar surface area (TPSA) is 55.6 Å². The maximum atomic E-state index is 12.8. The van der Waals surface area contributed by atoms with Crippen molar-refractivity contribution in [1.29, 1.82) is 0 Å². The van der Waals surface area contributed by atoms with E-state index in [1.165, 1.54) is 18.6 Å². The zero-order valence-electron chi connectivity index (χ0n) is 13.2. The summed E-state index contributed by atoms with van der Waals surface area (Å²) in [6.45, 7) is 1.10. The van der Waals surface area contributed by atoms with Crippen LogP contribution in [0.3, 0.4) is 0 Å². The van der Waals surface area contributed by atoms with E-state index in [9.17, 15) is 9.18 Å². The van der Waals surface area contributed by atoms with Crippen LogP contribution in [-0.2, 0) is 4.79 Å². The quantitative estimate of drug-likeness (QED) is 0.822. The lowest BCUT2D eigenvalue weighted by Crippen LogP contribution is -2.55. The number of amides is 1. The molecule has 4 nitrogen and oxygen atoms in total. The van der Waals surface area contributed by atoms with Crippen molar-refractivity contribution in [3.05, 3.63) is 30.1 Å². The van der Waals surface area contributed by atoms with Crippen molar-refractivity contribution >= 4 is 5.91 Å². The predicted molar refractivity (Wildman–Crippen MR) is 84.2 cm³/mol. The van der Waals surface area contributed by atoms with Gasteiger partial charge in [-0.25, -0.2) is 4.39 Å². The lowest BCUT2D eigenvalue weighted by atomic mass is 9.81. The number of nitrogens with zero attached hydrogens (tertiary/aromatic N) is 1. The predicted octanol–water partition coefficient (Wildman–Crippen LogP) is 2.71. The van der Waals surface area contributed by atoms with E-state index >= 15 is 0 Å². The molecule has 2 N–H and O–H groups in total. The standard InChI is InChI=1S/C17H25FN2O2/c1-20(16(21)17(19)10-3-2-4-11-17)12-5-13-22-15-8-6-14(18)7-9-15/h6-9H,2-5,10-13,19H2,1H3. The molecular formula is C17H25FN2O2. The lowest BCUT2D eigenvalue weighted by molar-refractivity contribution is -0.137. The zero-order valence-corrected chi connectivity index (χ0v) is 13.2. The second kappa shape index (κ2) is 7.58. The number of ether oxygens (including phenoxy) is 1. The molecule has 1 saturated carbocycles. The largest absolute Gasteiger partial charge is 0.494 e. The van der Waals surface area contributed by atoms with Crippen molar-refractivity contribution in [2.45, 2.75) is 44.1 Å². The molecule has 122 valence electrons. The monoisotopic (exact) mass is 308 g/mol. The molecule has 2 rings (SSSR count). The fourth-order valence-corrected chi connectivity index (χ4v) is 2.90. The van der Waals surface area contributed by atoms with Crippen LogP contribution < -0.4 is 10.5 Å². The van der Waals surface area contributed by atoms with Crippen molar-refractivity contribution < 1.29 is 13.9 Å². The van der Waals surface area contributed by atoms with Gasteiger partial charge in [-0.1, -0.05) is 19.3 Å². The molecule has 0 heterocycles. The average molecular weight is 308 g/mol. The third-order valence-corrected chi connectivity index (χ3v) is 4.24. The van der Waals surface area contributed by atoms with Gasteiger partial charge in [0.15, 0.2) is 0 Å². The number of hydrogen-bond acceptors (Lipinski definition) is 3. The normalized spacial score (nSPS) is 17.0. The summed E-state index contributed by atoms with van der Waals surface area (Å²) < 4.78 is 18.3. The Morgan fingerprint density at radius 1 is 1.27 bits per heavy atom. The molecular weight excluding hydrogens is 283 g/mol. The smallest absolute Gasteiger partial charge is 0.242 e. The molecule has 0 atom stereocenters. The van der Waals surface area contributed by atoms with Crippen LogP contribution in [-0.4, -0.2) is 36.5 Å². The van der Waals surface area contributed by atoms with E-state index in [1.54, 1.807) is 24.1 Å². The Hall–Kier alpha value is -1.62. The number of carbonyl (C=O) groups excluding carboxylic acids is 1. The molecule has 1 aromatic carbocycles. The fraction of sp³-hybridized carbons (Fsp3) is 0.588. The minimum Gasteiger partial charge on any atom is -0.494 e. The summed E-state index contributed by atoms with van der Waals surface area (Å²) in [7, 11) is 1.80. The van der Waals surface area contributed by atoms with E-state index in [0.29, 0.717) is 18.9 Å². The number of rotatable bonds is 6. The minimum absolute atomic E-state index is 0.0361. The first kappa shape index (κ1) is 16.7. The zero-order chi connectivity index (χ0) is 16.0. The molecule has 0 radical (unpaired) electrons. The molecule has 0 spiro atoms. The average Bonchev–Trinajstić information content (AvgIpc) is 2.53. The summed E-state index contributed by atoms with van der Waals surface area (Å²) in [6.07, 6.45) is 5.51. The molecule has 0 aliphatic heterocycles. The van der Waals surface area contributed by atoms with E-state index in [4.69, 9.17) is 10.5 Å². The van der Waals surface area contributed by atoms with Crippen LogP contribution in [0.25, 0.3) is 0 Å². The highest BCUT2D eigenvalue weighted by Crippen LogP contribution is 2.27. The van der Waals surface area contributed by atoms with Gasteiger partial charge < -0.3 is 15.4 Å². The maximum Gasteiger partial charge on any atom is 0.242 e. The summed E-state index contributed by atoms with van der Waals surface area (Å²) in [5, 5.41) is 0. The van der Waals surface area contributed by atoms with Crippen LogP contribution in [0.5, 0.6) is 5.75 Å². The molecule has 1 aliphatic rings. The van der Waals surface area contributed by atoms with E-state index in [2.05, 4.69) is 0 Å². The molecule has 0 bridgehead atoms. The third kappa shape index (κ3) is 4.44. The van der Waals surface area contributed by atoms with Gasteiger partial charge in [0.1, 0.15) is 11.6 Å². The highest BCUT2D eigenvalue weighted by atomic mass is 19.1.